The summed E-state index contributed by atoms with van der Waals surface area (Å²) < 4.78 is 33.1. The topological polar surface area (TPSA) is 75.7 Å². The monoisotopic (exact) mass is 438 g/mol. The SMILES string of the molecule is CCc1ccccc1NC(=O)CN(c1ccc(OC)cc1)S(=O)(=O)c1ccc(C)cc1. The van der Waals surface area contributed by atoms with Gasteiger partial charge in [0, 0.05) is 5.69 Å². The second-order valence-corrected chi connectivity index (χ2v) is 8.94. The Morgan fingerprint density at radius 1 is 0.968 bits per heavy atom. The number of ether oxygens (including phenoxy) is 1. The van der Waals surface area contributed by atoms with Gasteiger partial charge in [-0.3, -0.25) is 9.10 Å². The van der Waals surface area contributed by atoms with Crippen LogP contribution in [0.4, 0.5) is 11.4 Å². The number of aryl methyl sites for hydroxylation is 2. The van der Waals surface area contributed by atoms with Crippen LogP contribution in [0.1, 0.15) is 18.1 Å². The molecule has 1 amide bonds. The molecule has 0 saturated heterocycles. The summed E-state index contributed by atoms with van der Waals surface area (Å²) in [6, 6.07) is 20.6. The van der Waals surface area contributed by atoms with Gasteiger partial charge in [-0.2, -0.15) is 0 Å². The first-order valence-corrected chi connectivity index (χ1v) is 11.4. The summed E-state index contributed by atoms with van der Waals surface area (Å²) in [5.41, 5.74) is 2.98. The predicted octanol–water partition coefficient (Wildman–Crippen LogP) is 4.40. The maximum atomic E-state index is 13.4. The van der Waals surface area contributed by atoms with E-state index in [0.29, 0.717) is 17.1 Å². The summed E-state index contributed by atoms with van der Waals surface area (Å²) in [7, 11) is -2.43. The lowest BCUT2D eigenvalue weighted by Gasteiger charge is -2.24. The van der Waals surface area contributed by atoms with Gasteiger partial charge in [0.05, 0.1) is 17.7 Å². The number of nitrogens with one attached hydrogen (secondary N) is 1. The average Bonchev–Trinajstić information content (AvgIpc) is 2.78. The third-order valence-electron chi connectivity index (χ3n) is 4.93. The molecule has 0 heterocycles. The number of hydrogen-bond acceptors (Lipinski definition) is 4. The molecule has 0 fully saturated rings. The number of benzene rings is 3. The van der Waals surface area contributed by atoms with Crippen molar-refractivity contribution in [3.05, 3.63) is 83.9 Å². The van der Waals surface area contributed by atoms with Crippen molar-refractivity contribution >= 4 is 27.3 Å². The van der Waals surface area contributed by atoms with Crippen molar-refractivity contribution in [3.8, 4) is 5.75 Å². The molecule has 0 aliphatic rings. The van der Waals surface area contributed by atoms with Crippen LogP contribution >= 0.6 is 0 Å². The molecule has 0 unspecified atom stereocenters. The van der Waals surface area contributed by atoms with Gasteiger partial charge < -0.3 is 10.1 Å². The molecule has 0 atom stereocenters. The van der Waals surface area contributed by atoms with Crippen LogP contribution in [0.2, 0.25) is 0 Å². The Morgan fingerprint density at radius 2 is 1.61 bits per heavy atom. The van der Waals surface area contributed by atoms with Crippen molar-refractivity contribution in [2.75, 3.05) is 23.3 Å². The van der Waals surface area contributed by atoms with Crippen molar-refractivity contribution in [2.24, 2.45) is 0 Å². The molecule has 7 heteroatoms. The molecule has 0 saturated carbocycles. The Balaban J connectivity index is 1.95. The van der Waals surface area contributed by atoms with E-state index < -0.39 is 15.9 Å². The first-order chi connectivity index (χ1) is 14.8. The summed E-state index contributed by atoms with van der Waals surface area (Å²) >= 11 is 0. The number of carbonyl (C=O) groups excluding carboxylic acids is 1. The molecule has 0 aliphatic carbocycles. The Kier molecular flexibility index (Phi) is 6.97. The number of methoxy groups -OCH3 is 1. The quantitative estimate of drug-likeness (QED) is 0.566. The first kappa shape index (κ1) is 22.4. The number of sulfonamides is 1. The zero-order valence-electron chi connectivity index (χ0n) is 17.8. The van der Waals surface area contributed by atoms with E-state index in [0.717, 1.165) is 21.9 Å². The van der Waals surface area contributed by atoms with Crippen molar-refractivity contribution < 1.29 is 17.9 Å². The highest BCUT2D eigenvalue weighted by molar-refractivity contribution is 7.92. The zero-order chi connectivity index (χ0) is 22.4. The molecular formula is C24H26N2O4S. The third-order valence-corrected chi connectivity index (χ3v) is 6.72. The van der Waals surface area contributed by atoms with E-state index in [-0.39, 0.29) is 11.4 Å². The maximum Gasteiger partial charge on any atom is 0.264 e. The van der Waals surface area contributed by atoms with Crippen LogP contribution in [0.25, 0.3) is 0 Å². The van der Waals surface area contributed by atoms with Crippen molar-refractivity contribution in [1.29, 1.82) is 0 Å². The highest BCUT2D eigenvalue weighted by Gasteiger charge is 2.27. The molecule has 3 aromatic rings. The number of carbonyl (C=O) groups is 1. The summed E-state index contributed by atoms with van der Waals surface area (Å²) in [5.74, 6) is 0.171. The highest BCUT2D eigenvalue weighted by atomic mass is 32.2. The Labute approximate surface area is 183 Å². The lowest BCUT2D eigenvalue weighted by Crippen LogP contribution is -2.38. The van der Waals surface area contributed by atoms with Crippen molar-refractivity contribution in [1.82, 2.24) is 0 Å². The molecular weight excluding hydrogens is 412 g/mol. The largest absolute Gasteiger partial charge is 0.497 e. The van der Waals surface area contributed by atoms with Gasteiger partial charge >= 0.3 is 0 Å². The van der Waals surface area contributed by atoms with Crippen LogP contribution in [-0.4, -0.2) is 28.0 Å². The number of para-hydroxylation sites is 1. The van der Waals surface area contributed by atoms with Gasteiger partial charge in [-0.05, 0) is 61.4 Å². The molecule has 0 aromatic heterocycles. The van der Waals surface area contributed by atoms with Crippen molar-refractivity contribution in [2.45, 2.75) is 25.2 Å². The van der Waals surface area contributed by atoms with E-state index in [4.69, 9.17) is 4.74 Å². The van der Waals surface area contributed by atoms with Gasteiger partial charge in [0.1, 0.15) is 12.3 Å². The molecule has 3 rings (SSSR count). The third kappa shape index (κ3) is 5.24. The van der Waals surface area contributed by atoms with E-state index in [9.17, 15) is 13.2 Å². The minimum atomic E-state index is -3.96. The normalized spacial score (nSPS) is 11.1. The minimum Gasteiger partial charge on any atom is -0.497 e. The number of rotatable bonds is 8. The molecule has 31 heavy (non-hydrogen) atoms. The van der Waals surface area contributed by atoms with Gasteiger partial charge in [0.2, 0.25) is 5.91 Å². The lowest BCUT2D eigenvalue weighted by molar-refractivity contribution is -0.114. The smallest absolute Gasteiger partial charge is 0.264 e. The number of amides is 1. The second-order valence-electron chi connectivity index (χ2n) is 7.08. The fraction of sp³-hybridized carbons (Fsp3) is 0.208. The Bertz CT molecular complexity index is 1140. The fourth-order valence-corrected chi connectivity index (χ4v) is 4.59. The zero-order valence-corrected chi connectivity index (χ0v) is 18.6. The van der Waals surface area contributed by atoms with Gasteiger partial charge in [-0.1, -0.05) is 42.8 Å². The summed E-state index contributed by atoms with van der Waals surface area (Å²) in [6.07, 6.45) is 0.750. The maximum absolute atomic E-state index is 13.4. The lowest BCUT2D eigenvalue weighted by atomic mass is 10.1. The Hall–Kier alpha value is -3.32. The van der Waals surface area contributed by atoms with Gasteiger partial charge in [-0.25, -0.2) is 8.42 Å². The highest BCUT2D eigenvalue weighted by Crippen LogP contribution is 2.26. The summed E-state index contributed by atoms with van der Waals surface area (Å²) in [6.45, 7) is 3.52. The predicted molar refractivity (Wildman–Crippen MR) is 123 cm³/mol. The van der Waals surface area contributed by atoms with Crippen LogP contribution in [0, 0.1) is 6.92 Å². The molecule has 0 spiro atoms. The summed E-state index contributed by atoms with van der Waals surface area (Å²) in [5, 5.41) is 2.85. The van der Waals surface area contributed by atoms with E-state index in [1.54, 1.807) is 48.5 Å². The van der Waals surface area contributed by atoms with Gasteiger partial charge in [-0.15, -0.1) is 0 Å². The molecule has 6 nitrogen and oxygen atoms in total. The van der Waals surface area contributed by atoms with Gasteiger partial charge in [0.25, 0.3) is 10.0 Å². The number of hydrogen-bond donors (Lipinski definition) is 1. The van der Waals surface area contributed by atoms with E-state index in [1.165, 1.54) is 7.11 Å². The minimum absolute atomic E-state index is 0.121. The van der Waals surface area contributed by atoms with Gasteiger partial charge in [0.15, 0.2) is 0 Å². The van der Waals surface area contributed by atoms with E-state index in [2.05, 4.69) is 5.32 Å². The van der Waals surface area contributed by atoms with E-state index in [1.807, 2.05) is 38.1 Å². The molecule has 0 radical (unpaired) electrons. The van der Waals surface area contributed by atoms with E-state index >= 15 is 0 Å². The van der Waals surface area contributed by atoms with Crippen LogP contribution in [0.5, 0.6) is 5.75 Å². The first-order valence-electron chi connectivity index (χ1n) is 9.96. The fourth-order valence-electron chi connectivity index (χ4n) is 3.17. The number of anilines is 2. The molecule has 1 N–H and O–H groups in total. The molecule has 3 aromatic carbocycles. The average molecular weight is 439 g/mol. The molecule has 0 bridgehead atoms. The summed E-state index contributed by atoms with van der Waals surface area (Å²) in [4.78, 5) is 13.0. The Morgan fingerprint density at radius 3 is 2.23 bits per heavy atom. The molecule has 162 valence electrons. The van der Waals surface area contributed by atoms with Crippen LogP contribution in [0.15, 0.2) is 77.7 Å². The number of nitrogens with zero attached hydrogens (tertiary/aromatic N) is 1. The van der Waals surface area contributed by atoms with Crippen LogP contribution in [0.3, 0.4) is 0 Å². The standard InChI is InChI=1S/C24H26N2O4S/c1-4-19-7-5-6-8-23(19)25-24(27)17-26(20-11-13-21(30-3)14-12-20)31(28,29)22-15-9-18(2)10-16-22/h5-16H,4,17H2,1-3H3,(H,25,27). The molecule has 0 aliphatic heterocycles. The van der Waals surface area contributed by atoms with Crippen molar-refractivity contribution in [3.63, 3.8) is 0 Å². The van der Waals surface area contributed by atoms with Crippen LogP contribution < -0.4 is 14.4 Å². The van der Waals surface area contributed by atoms with Crippen LogP contribution in [-0.2, 0) is 21.2 Å². The second kappa shape index (κ2) is 9.66.